The average molecular weight is 374 g/mol. The summed E-state index contributed by atoms with van der Waals surface area (Å²) in [4.78, 5) is 37.2. The lowest BCUT2D eigenvalue weighted by molar-refractivity contribution is -0.156. The number of carbonyl (C=O) groups excluding carboxylic acids is 3. The molecule has 0 aromatic rings. The van der Waals surface area contributed by atoms with Crippen LogP contribution in [-0.4, -0.2) is 48.4 Å². The lowest BCUT2D eigenvalue weighted by atomic mass is 9.85. The Kier molecular flexibility index (Phi) is 9.80. The highest BCUT2D eigenvalue weighted by atomic mass is 16.5. The zero-order valence-electron chi connectivity index (χ0n) is 17.1. The maximum Gasteiger partial charge on any atom is 0.329 e. The minimum absolute atomic E-state index is 0.0885. The van der Waals surface area contributed by atoms with Crippen LogP contribution < -0.4 is 10.8 Å². The van der Waals surface area contributed by atoms with Crippen molar-refractivity contribution in [1.29, 1.82) is 0 Å². The van der Waals surface area contributed by atoms with Crippen LogP contribution in [0.2, 0.25) is 0 Å². The van der Waals surface area contributed by atoms with E-state index >= 15 is 0 Å². The molecule has 0 spiro atoms. The van der Waals surface area contributed by atoms with Crippen LogP contribution in [0.15, 0.2) is 0 Å². The normalized spacial score (nSPS) is 15.3. The van der Waals surface area contributed by atoms with E-state index < -0.39 is 41.3 Å². The predicted molar refractivity (Wildman–Crippen MR) is 96.3 cm³/mol. The van der Waals surface area contributed by atoms with Gasteiger partial charge in [-0.15, -0.1) is 0 Å². The number of rotatable bonds is 9. The third kappa shape index (κ3) is 7.70. The first-order valence-electron chi connectivity index (χ1n) is 8.82. The van der Waals surface area contributed by atoms with E-state index in [1.54, 1.807) is 13.8 Å². The Balaban J connectivity index is 5.58. The minimum atomic E-state index is -1.18. The zero-order valence-corrected chi connectivity index (χ0v) is 17.1. The van der Waals surface area contributed by atoms with Gasteiger partial charge in [0.2, 0.25) is 5.91 Å². The molecule has 0 aliphatic carbocycles. The topological polar surface area (TPSA) is 114 Å². The van der Waals surface area contributed by atoms with E-state index in [0.29, 0.717) is 6.42 Å². The molecule has 3 unspecified atom stereocenters. The fourth-order valence-electron chi connectivity index (χ4n) is 2.57. The van der Waals surface area contributed by atoms with Crippen molar-refractivity contribution in [2.75, 3.05) is 7.11 Å². The summed E-state index contributed by atoms with van der Waals surface area (Å²) in [5.74, 6) is -2.64. The van der Waals surface area contributed by atoms with Crippen LogP contribution in [0.1, 0.15) is 54.9 Å². The summed E-state index contributed by atoms with van der Waals surface area (Å²) in [5, 5.41) is 11.6. The van der Waals surface area contributed by atoms with Gasteiger partial charge in [-0.3, -0.25) is 14.8 Å². The second-order valence-corrected chi connectivity index (χ2v) is 8.16. The van der Waals surface area contributed by atoms with Crippen molar-refractivity contribution in [2.24, 2.45) is 17.3 Å². The number of carbonyl (C=O) groups is 3. The molecule has 3 atom stereocenters. The van der Waals surface area contributed by atoms with Gasteiger partial charge in [0.15, 0.2) is 0 Å². The summed E-state index contributed by atoms with van der Waals surface area (Å²) in [5.41, 5.74) is 0.930. The van der Waals surface area contributed by atoms with Gasteiger partial charge in [0.05, 0.1) is 12.0 Å². The molecular weight excluding hydrogens is 340 g/mol. The molecule has 0 saturated carbocycles. The fraction of sp³-hybridized carbons (Fsp3) is 0.833. The Morgan fingerprint density at radius 1 is 1.04 bits per heavy atom. The van der Waals surface area contributed by atoms with Crippen molar-refractivity contribution in [1.82, 2.24) is 10.8 Å². The minimum Gasteiger partial charge on any atom is -0.461 e. The lowest BCUT2D eigenvalue weighted by Crippen LogP contribution is -2.55. The maximum atomic E-state index is 12.9. The molecule has 0 rings (SSSR count). The first-order valence-corrected chi connectivity index (χ1v) is 8.82. The Morgan fingerprint density at radius 3 is 1.92 bits per heavy atom. The zero-order chi connectivity index (χ0) is 20.7. The number of ether oxygens (including phenoxy) is 2. The maximum absolute atomic E-state index is 12.9. The second kappa shape index (κ2) is 10.5. The van der Waals surface area contributed by atoms with E-state index in [4.69, 9.17) is 14.7 Å². The summed E-state index contributed by atoms with van der Waals surface area (Å²) >= 11 is 0. The smallest absolute Gasteiger partial charge is 0.329 e. The van der Waals surface area contributed by atoms with Gasteiger partial charge in [-0.2, -0.15) is 0 Å². The van der Waals surface area contributed by atoms with E-state index in [9.17, 15) is 14.4 Å². The third-order valence-electron chi connectivity index (χ3n) is 3.79. The van der Waals surface area contributed by atoms with Crippen LogP contribution in [0.3, 0.4) is 0 Å². The molecule has 8 nitrogen and oxygen atoms in total. The average Bonchev–Trinajstić information content (AvgIpc) is 2.49. The van der Waals surface area contributed by atoms with Crippen LogP contribution >= 0.6 is 0 Å². The first-order chi connectivity index (χ1) is 11.8. The Morgan fingerprint density at radius 2 is 1.58 bits per heavy atom. The Bertz CT molecular complexity index is 485. The molecule has 0 aromatic heterocycles. The van der Waals surface area contributed by atoms with Gasteiger partial charge in [-0.25, -0.2) is 10.3 Å². The molecule has 0 aromatic carbocycles. The molecule has 8 heteroatoms. The molecule has 0 fully saturated rings. The molecule has 26 heavy (non-hydrogen) atoms. The van der Waals surface area contributed by atoms with Crippen LogP contribution in [-0.2, 0) is 23.9 Å². The number of amides is 2. The van der Waals surface area contributed by atoms with Crippen LogP contribution in [0, 0.1) is 17.3 Å². The van der Waals surface area contributed by atoms with Crippen molar-refractivity contribution < 1.29 is 29.1 Å². The van der Waals surface area contributed by atoms with Crippen LogP contribution in [0.25, 0.3) is 0 Å². The first kappa shape index (κ1) is 24.3. The van der Waals surface area contributed by atoms with Gasteiger partial charge in [-0.05, 0) is 31.6 Å². The van der Waals surface area contributed by atoms with E-state index in [1.165, 1.54) is 12.6 Å². The summed E-state index contributed by atoms with van der Waals surface area (Å²) in [7, 11) is 1.29. The molecule has 152 valence electrons. The summed E-state index contributed by atoms with van der Waals surface area (Å²) in [6.45, 7) is 12.7. The summed E-state index contributed by atoms with van der Waals surface area (Å²) < 4.78 is 10.4. The molecule has 0 bridgehead atoms. The highest BCUT2D eigenvalue weighted by molar-refractivity contribution is 5.91. The SMILES string of the molecule is COC(C(=O)NO)C(CC(C)C)C(=O)NC(C(=O)OC(C)C)C(C)(C)C. The Labute approximate surface area is 156 Å². The molecule has 0 aliphatic heterocycles. The van der Waals surface area contributed by atoms with Crippen LogP contribution in [0.5, 0.6) is 0 Å². The van der Waals surface area contributed by atoms with E-state index in [1.807, 2.05) is 34.6 Å². The monoisotopic (exact) mass is 374 g/mol. The van der Waals surface area contributed by atoms with Crippen LogP contribution in [0.4, 0.5) is 0 Å². The van der Waals surface area contributed by atoms with E-state index in [0.717, 1.165) is 0 Å². The van der Waals surface area contributed by atoms with Gasteiger partial charge >= 0.3 is 5.97 Å². The highest BCUT2D eigenvalue weighted by Crippen LogP contribution is 2.24. The van der Waals surface area contributed by atoms with Gasteiger partial charge < -0.3 is 14.8 Å². The fourth-order valence-corrected chi connectivity index (χ4v) is 2.57. The van der Waals surface area contributed by atoms with Crippen molar-refractivity contribution >= 4 is 17.8 Å². The molecule has 3 N–H and O–H groups in total. The number of hydrogen-bond acceptors (Lipinski definition) is 6. The number of nitrogens with one attached hydrogen (secondary N) is 2. The number of methoxy groups -OCH3 is 1. The van der Waals surface area contributed by atoms with Crippen molar-refractivity contribution in [3.05, 3.63) is 0 Å². The molecule has 0 aliphatic rings. The van der Waals surface area contributed by atoms with Crippen molar-refractivity contribution in [2.45, 2.75) is 73.1 Å². The molecule has 0 saturated heterocycles. The number of hydroxylamine groups is 1. The van der Waals surface area contributed by atoms with Crippen molar-refractivity contribution in [3.8, 4) is 0 Å². The van der Waals surface area contributed by atoms with Gasteiger partial charge in [0.1, 0.15) is 12.1 Å². The van der Waals surface area contributed by atoms with Gasteiger partial charge in [0.25, 0.3) is 5.91 Å². The lowest BCUT2D eigenvalue weighted by Gasteiger charge is -2.33. The van der Waals surface area contributed by atoms with Crippen molar-refractivity contribution in [3.63, 3.8) is 0 Å². The molecule has 0 radical (unpaired) electrons. The standard InChI is InChI=1S/C18H34N2O6/c1-10(2)9-12(13(25-8)16(22)20-24)15(21)19-14(18(5,6)7)17(23)26-11(3)4/h10-14,24H,9H2,1-8H3,(H,19,21)(H,20,22). The molecule has 0 heterocycles. The van der Waals surface area contributed by atoms with Gasteiger partial charge in [0, 0.05) is 7.11 Å². The second-order valence-electron chi connectivity index (χ2n) is 8.16. The summed E-state index contributed by atoms with van der Waals surface area (Å²) in [6.07, 6.45) is -1.15. The number of esters is 1. The van der Waals surface area contributed by atoms with E-state index in [-0.39, 0.29) is 12.0 Å². The van der Waals surface area contributed by atoms with Gasteiger partial charge in [-0.1, -0.05) is 34.6 Å². The number of hydrogen-bond donors (Lipinski definition) is 3. The molecular formula is C18H34N2O6. The summed E-state index contributed by atoms with van der Waals surface area (Å²) in [6, 6.07) is -0.887. The predicted octanol–water partition coefficient (Wildman–Crippen LogP) is 1.65. The third-order valence-corrected chi connectivity index (χ3v) is 3.79. The quantitative estimate of drug-likeness (QED) is 0.321. The molecule has 2 amide bonds. The highest BCUT2D eigenvalue weighted by Gasteiger charge is 2.40. The Hall–Kier alpha value is -1.67. The van der Waals surface area contributed by atoms with E-state index in [2.05, 4.69) is 5.32 Å². The largest absolute Gasteiger partial charge is 0.461 e.